The zero-order valence-corrected chi connectivity index (χ0v) is 7.17. The summed E-state index contributed by atoms with van der Waals surface area (Å²) in [7, 11) is 0. The van der Waals surface area contributed by atoms with Gasteiger partial charge in [-0.3, -0.25) is 4.79 Å². The third-order valence-corrected chi connectivity index (χ3v) is 1.27. The Kier molecular flexibility index (Phi) is 5.84. The second kappa shape index (κ2) is 6.16. The van der Waals surface area contributed by atoms with Gasteiger partial charge in [-0.25, -0.2) is 0 Å². The van der Waals surface area contributed by atoms with Crippen LogP contribution < -0.4 is 5.73 Å². The summed E-state index contributed by atoms with van der Waals surface area (Å²) in [6, 6.07) is -0.456. The maximum atomic E-state index is 10.9. The van der Waals surface area contributed by atoms with E-state index in [2.05, 4.69) is 0 Å². The van der Waals surface area contributed by atoms with E-state index in [1.807, 2.05) is 13.8 Å². The Morgan fingerprint density at radius 1 is 1.64 bits per heavy atom. The van der Waals surface area contributed by atoms with Crippen molar-refractivity contribution in [2.75, 3.05) is 0 Å². The van der Waals surface area contributed by atoms with E-state index < -0.39 is 6.04 Å². The molecule has 1 unspecified atom stereocenters. The molecule has 11 heavy (non-hydrogen) atoms. The fraction of sp³-hybridized carbons (Fsp3) is 0.750. The Morgan fingerprint density at radius 2 is 2.27 bits per heavy atom. The van der Waals surface area contributed by atoms with Crippen LogP contribution in [0.2, 0.25) is 0 Å². The van der Waals surface area contributed by atoms with Crippen molar-refractivity contribution in [3.63, 3.8) is 0 Å². The minimum absolute atomic E-state index is 0.325. The fourth-order valence-corrected chi connectivity index (χ4v) is 0.682. The number of ether oxygens (including phenoxy) is 1. The van der Waals surface area contributed by atoms with Crippen LogP contribution in [0.15, 0.2) is 0 Å². The molecule has 0 aromatic carbocycles. The van der Waals surface area contributed by atoms with Gasteiger partial charge in [-0.1, -0.05) is 20.3 Å². The average molecular weight is 158 g/mol. The number of rotatable bonds is 5. The summed E-state index contributed by atoms with van der Waals surface area (Å²) in [5, 5.41) is 0. The van der Waals surface area contributed by atoms with E-state index in [1.54, 1.807) is 0 Å². The Morgan fingerprint density at radius 3 is 2.73 bits per heavy atom. The minimum Gasteiger partial charge on any atom is -0.457 e. The fourth-order valence-electron chi connectivity index (χ4n) is 0.682. The topological polar surface area (TPSA) is 52.3 Å². The van der Waals surface area contributed by atoms with E-state index in [9.17, 15) is 4.79 Å². The van der Waals surface area contributed by atoms with Gasteiger partial charge in [-0.2, -0.15) is 0 Å². The van der Waals surface area contributed by atoms with Crippen LogP contribution in [-0.4, -0.2) is 12.0 Å². The molecule has 0 fully saturated rings. The monoisotopic (exact) mass is 158 g/mol. The van der Waals surface area contributed by atoms with Crippen molar-refractivity contribution in [3.8, 4) is 0 Å². The third-order valence-electron chi connectivity index (χ3n) is 1.27. The van der Waals surface area contributed by atoms with Crippen LogP contribution in [0, 0.1) is 6.61 Å². The normalized spacial score (nSPS) is 12.6. The van der Waals surface area contributed by atoms with Crippen molar-refractivity contribution in [2.24, 2.45) is 5.73 Å². The van der Waals surface area contributed by atoms with Crippen molar-refractivity contribution in [2.45, 2.75) is 39.2 Å². The van der Waals surface area contributed by atoms with Crippen molar-refractivity contribution in [1.29, 1.82) is 0 Å². The van der Waals surface area contributed by atoms with Crippen LogP contribution in [0.3, 0.4) is 0 Å². The standard InChI is InChI=1S/C8H16NO2/c1-3-5-7(9)8(10)11-6-4-2/h6-7H,3-5,9H2,1-2H3. The first-order chi connectivity index (χ1) is 5.22. The predicted molar refractivity (Wildman–Crippen MR) is 43.6 cm³/mol. The molecule has 0 aromatic rings. The number of nitrogens with two attached hydrogens (primary N) is 1. The number of carbonyl (C=O) groups excluding carboxylic acids is 1. The van der Waals surface area contributed by atoms with E-state index in [-0.39, 0.29) is 5.97 Å². The van der Waals surface area contributed by atoms with Crippen molar-refractivity contribution >= 4 is 5.97 Å². The lowest BCUT2D eigenvalue weighted by molar-refractivity contribution is -0.142. The van der Waals surface area contributed by atoms with Gasteiger partial charge in [0.15, 0.2) is 0 Å². The molecule has 0 aliphatic heterocycles. The third kappa shape index (κ3) is 4.79. The lowest BCUT2D eigenvalue weighted by Gasteiger charge is -2.08. The van der Waals surface area contributed by atoms with Crippen LogP contribution in [0.4, 0.5) is 0 Å². The summed E-state index contributed by atoms with van der Waals surface area (Å²) >= 11 is 0. The second-order valence-electron chi connectivity index (χ2n) is 2.41. The molecular weight excluding hydrogens is 142 g/mol. The molecular formula is C8H16NO2. The maximum absolute atomic E-state index is 10.9. The molecule has 0 aliphatic rings. The smallest absolute Gasteiger partial charge is 0.323 e. The Bertz CT molecular complexity index is 115. The molecule has 3 heteroatoms. The molecule has 0 heterocycles. The SMILES string of the molecule is CC[CH]OC(=O)C(N)CCC. The molecule has 0 bridgehead atoms. The quantitative estimate of drug-likeness (QED) is 0.612. The number of esters is 1. The summed E-state index contributed by atoms with van der Waals surface area (Å²) in [6.45, 7) is 5.35. The van der Waals surface area contributed by atoms with Gasteiger partial charge >= 0.3 is 5.97 Å². The number of carbonyl (C=O) groups is 1. The molecule has 3 nitrogen and oxygen atoms in total. The van der Waals surface area contributed by atoms with E-state index in [0.29, 0.717) is 6.42 Å². The second-order valence-corrected chi connectivity index (χ2v) is 2.41. The predicted octanol–water partition coefficient (Wildman–Crippen LogP) is 1.23. The molecule has 0 spiro atoms. The van der Waals surface area contributed by atoms with Gasteiger partial charge in [-0.15, -0.1) is 0 Å². The highest BCUT2D eigenvalue weighted by Crippen LogP contribution is 1.98. The molecule has 1 atom stereocenters. The van der Waals surface area contributed by atoms with Crippen LogP contribution >= 0.6 is 0 Å². The average Bonchev–Trinajstić information content (AvgIpc) is 2.00. The minimum atomic E-state index is -0.456. The summed E-state index contributed by atoms with van der Waals surface area (Å²) in [6.07, 6.45) is 2.32. The van der Waals surface area contributed by atoms with E-state index in [0.717, 1.165) is 12.8 Å². The highest BCUT2D eigenvalue weighted by atomic mass is 16.5. The first-order valence-electron chi connectivity index (χ1n) is 4.00. The molecule has 2 N–H and O–H groups in total. The summed E-state index contributed by atoms with van der Waals surface area (Å²) in [5.41, 5.74) is 5.47. The number of hydrogen-bond donors (Lipinski definition) is 1. The molecule has 0 aliphatic carbocycles. The van der Waals surface area contributed by atoms with Crippen molar-refractivity contribution in [3.05, 3.63) is 6.61 Å². The zero-order valence-electron chi connectivity index (χ0n) is 7.17. The number of hydrogen-bond acceptors (Lipinski definition) is 3. The van der Waals surface area contributed by atoms with Crippen LogP contribution in [0.25, 0.3) is 0 Å². The van der Waals surface area contributed by atoms with Crippen molar-refractivity contribution < 1.29 is 9.53 Å². The van der Waals surface area contributed by atoms with Crippen molar-refractivity contribution in [1.82, 2.24) is 0 Å². The lowest BCUT2D eigenvalue weighted by atomic mass is 10.2. The van der Waals surface area contributed by atoms with Gasteiger partial charge in [-0.05, 0) is 12.8 Å². The van der Waals surface area contributed by atoms with Gasteiger partial charge in [0.05, 0.1) is 0 Å². The Hall–Kier alpha value is -0.570. The van der Waals surface area contributed by atoms with Gasteiger partial charge in [0.1, 0.15) is 12.6 Å². The molecule has 0 aromatic heterocycles. The van der Waals surface area contributed by atoms with Gasteiger partial charge < -0.3 is 10.5 Å². The van der Waals surface area contributed by atoms with E-state index >= 15 is 0 Å². The van der Waals surface area contributed by atoms with Crippen LogP contribution in [0.5, 0.6) is 0 Å². The molecule has 65 valence electrons. The van der Waals surface area contributed by atoms with Gasteiger partial charge in [0.2, 0.25) is 0 Å². The Labute approximate surface area is 67.9 Å². The zero-order chi connectivity index (χ0) is 8.69. The first-order valence-corrected chi connectivity index (χ1v) is 4.00. The summed E-state index contributed by atoms with van der Waals surface area (Å²) in [4.78, 5) is 10.9. The molecule has 0 saturated heterocycles. The summed E-state index contributed by atoms with van der Waals surface area (Å²) in [5.74, 6) is -0.325. The molecule has 1 radical (unpaired) electrons. The van der Waals surface area contributed by atoms with Gasteiger partial charge in [0, 0.05) is 0 Å². The van der Waals surface area contributed by atoms with Crippen LogP contribution in [0.1, 0.15) is 33.1 Å². The summed E-state index contributed by atoms with van der Waals surface area (Å²) < 4.78 is 4.72. The van der Waals surface area contributed by atoms with E-state index in [4.69, 9.17) is 10.5 Å². The highest BCUT2D eigenvalue weighted by molar-refractivity contribution is 5.75. The largest absolute Gasteiger partial charge is 0.457 e. The lowest BCUT2D eigenvalue weighted by Crippen LogP contribution is -2.31. The van der Waals surface area contributed by atoms with Gasteiger partial charge in [0.25, 0.3) is 0 Å². The molecule has 0 saturated carbocycles. The highest BCUT2D eigenvalue weighted by Gasteiger charge is 2.12. The maximum Gasteiger partial charge on any atom is 0.323 e. The Balaban J connectivity index is 3.47. The molecule has 0 rings (SSSR count). The van der Waals surface area contributed by atoms with E-state index in [1.165, 1.54) is 6.61 Å². The van der Waals surface area contributed by atoms with Crippen LogP contribution in [-0.2, 0) is 9.53 Å². The first kappa shape index (κ1) is 10.4. The molecule has 0 amide bonds.